The Hall–Kier alpha value is -3.17. The van der Waals surface area contributed by atoms with Gasteiger partial charge in [-0.15, -0.1) is 5.10 Å². The first kappa shape index (κ1) is 24.5. The molecule has 2 heterocycles. The molecule has 1 aliphatic rings. The number of hydrogen-bond acceptors (Lipinski definition) is 7. The van der Waals surface area contributed by atoms with Gasteiger partial charge < -0.3 is 19.5 Å². The minimum atomic E-state index is -0.763. The van der Waals surface area contributed by atoms with Crippen LogP contribution >= 0.6 is 0 Å². The molecular formula is C23H33N5O5. The van der Waals surface area contributed by atoms with Crippen molar-refractivity contribution in [2.24, 2.45) is 13.0 Å². The van der Waals surface area contributed by atoms with Gasteiger partial charge >= 0.3 is 12.1 Å². The second-order valence-electron chi connectivity index (χ2n) is 8.63. The Morgan fingerprint density at radius 1 is 1.30 bits per heavy atom. The maximum absolute atomic E-state index is 12.2. The highest BCUT2D eigenvalue weighted by Crippen LogP contribution is 2.33. The molecule has 1 N–H and O–H groups in total. The van der Waals surface area contributed by atoms with Crippen LogP contribution < -0.4 is 4.74 Å². The van der Waals surface area contributed by atoms with Gasteiger partial charge in [0.2, 0.25) is 0 Å². The van der Waals surface area contributed by atoms with Crippen molar-refractivity contribution < 1.29 is 24.2 Å². The van der Waals surface area contributed by atoms with Gasteiger partial charge in [-0.3, -0.25) is 4.79 Å². The summed E-state index contributed by atoms with van der Waals surface area (Å²) in [7, 11) is 3.47. The van der Waals surface area contributed by atoms with Crippen molar-refractivity contribution in [3.63, 3.8) is 0 Å². The normalized spacial score (nSPS) is 17.7. The Morgan fingerprint density at radius 3 is 2.79 bits per heavy atom. The summed E-state index contributed by atoms with van der Waals surface area (Å²) in [6.07, 6.45) is 4.15. The standard InChI is InChI=1S/C23H33N5O5/c1-5-6-11-27(3)23(31)32-14-19-22(25-26-28(19)4)18-9-10-20(15(2)24-18)33-17-8-7-16(12-17)13-21(29)30/h9-10,16-17H,5-8,11-14H2,1-4H3,(H,29,30). The first-order chi connectivity index (χ1) is 15.8. The van der Waals surface area contributed by atoms with Crippen molar-refractivity contribution >= 4 is 12.1 Å². The summed E-state index contributed by atoms with van der Waals surface area (Å²) in [6.45, 7) is 4.62. The summed E-state index contributed by atoms with van der Waals surface area (Å²) in [6, 6.07) is 3.67. The molecule has 2 unspecified atom stereocenters. The number of ether oxygens (including phenoxy) is 2. The number of carbonyl (C=O) groups is 2. The number of carbonyl (C=O) groups excluding carboxylic acids is 1. The highest BCUT2D eigenvalue weighted by molar-refractivity contribution is 5.67. The van der Waals surface area contributed by atoms with Crippen LogP contribution in [0.3, 0.4) is 0 Å². The molecule has 10 heteroatoms. The van der Waals surface area contributed by atoms with Gasteiger partial charge in [0.25, 0.3) is 0 Å². The fraction of sp³-hybridized carbons (Fsp3) is 0.609. The average molecular weight is 460 g/mol. The van der Waals surface area contributed by atoms with E-state index in [2.05, 4.69) is 22.2 Å². The molecule has 0 radical (unpaired) electrons. The van der Waals surface area contributed by atoms with E-state index < -0.39 is 5.97 Å². The molecule has 1 fully saturated rings. The first-order valence-electron chi connectivity index (χ1n) is 11.4. The molecule has 1 amide bonds. The van der Waals surface area contributed by atoms with Crippen LogP contribution in [0, 0.1) is 12.8 Å². The Kier molecular flexibility index (Phi) is 8.24. The number of aryl methyl sites for hydroxylation is 2. The quantitative estimate of drug-likeness (QED) is 0.572. The third-order valence-corrected chi connectivity index (χ3v) is 5.96. The highest BCUT2D eigenvalue weighted by Gasteiger charge is 2.28. The van der Waals surface area contributed by atoms with Gasteiger partial charge in [0.05, 0.1) is 17.5 Å². The SMILES string of the molecule is CCCCN(C)C(=O)OCc1c(-c2ccc(OC3CCC(CC(=O)O)C3)c(C)n2)nnn1C. The topological polar surface area (TPSA) is 120 Å². The maximum atomic E-state index is 12.2. The average Bonchev–Trinajstić information content (AvgIpc) is 3.37. The van der Waals surface area contributed by atoms with Crippen LogP contribution in [0.25, 0.3) is 11.4 Å². The number of nitrogens with zero attached hydrogens (tertiary/aromatic N) is 5. The number of pyridine rings is 1. The van der Waals surface area contributed by atoms with Crippen LogP contribution in [0.4, 0.5) is 4.79 Å². The number of amides is 1. The molecule has 0 saturated heterocycles. The molecule has 0 aromatic carbocycles. The van der Waals surface area contributed by atoms with Gasteiger partial charge in [0.15, 0.2) is 0 Å². The molecule has 1 saturated carbocycles. The molecular weight excluding hydrogens is 426 g/mol. The monoisotopic (exact) mass is 459 g/mol. The summed E-state index contributed by atoms with van der Waals surface area (Å²) in [4.78, 5) is 29.4. The van der Waals surface area contributed by atoms with E-state index in [1.165, 1.54) is 0 Å². The third-order valence-electron chi connectivity index (χ3n) is 5.96. The third kappa shape index (κ3) is 6.43. The van der Waals surface area contributed by atoms with E-state index in [9.17, 15) is 9.59 Å². The lowest BCUT2D eigenvalue weighted by Gasteiger charge is -2.17. The molecule has 2 aromatic heterocycles. The smallest absolute Gasteiger partial charge is 0.409 e. The van der Waals surface area contributed by atoms with Crippen LogP contribution in [0.1, 0.15) is 56.8 Å². The predicted octanol–water partition coefficient (Wildman–Crippen LogP) is 3.58. The number of aliphatic carboxylic acids is 1. The minimum Gasteiger partial charge on any atom is -0.489 e. The Morgan fingerprint density at radius 2 is 2.09 bits per heavy atom. The molecule has 2 atom stereocenters. The van der Waals surface area contributed by atoms with E-state index in [-0.39, 0.29) is 31.1 Å². The summed E-state index contributed by atoms with van der Waals surface area (Å²) >= 11 is 0. The number of carboxylic acids is 1. The number of rotatable bonds is 10. The summed E-state index contributed by atoms with van der Waals surface area (Å²) in [5.41, 5.74) is 2.54. The largest absolute Gasteiger partial charge is 0.489 e. The van der Waals surface area contributed by atoms with Crippen molar-refractivity contribution in [2.45, 2.75) is 65.1 Å². The molecule has 180 valence electrons. The molecule has 0 aliphatic heterocycles. The Bertz CT molecular complexity index is 976. The first-order valence-corrected chi connectivity index (χ1v) is 11.4. The molecule has 1 aliphatic carbocycles. The van der Waals surface area contributed by atoms with Crippen LogP contribution in [-0.2, 0) is 23.2 Å². The van der Waals surface area contributed by atoms with Gasteiger partial charge in [-0.05, 0) is 50.7 Å². The number of aromatic nitrogens is 4. The van der Waals surface area contributed by atoms with Crippen LogP contribution in [0.5, 0.6) is 5.75 Å². The molecule has 33 heavy (non-hydrogen) atoms. The zero-order chi connectivity index (χ0) is 24.0. The number of hydrogen-bond donors (Lipinski definition) is 1. The van der Waals surface area contributed by atoms with Crippen molar-refractivity contribution in [1.29, 1.82) is 0 Å². The molecule has 10 nitrogen and oxygen atoms in total. The van der Waals surface area contributed by atoms with Crippen LogP contribution in [0.15, 0.2) is 12.1 Å². The zero-order valence-corrected chi connectivity index (χ0v) is 19.8. The second kappa shape index (κ2) is 11.1. The van der Waals surface area contributed by atoms with Gasteiger partial charge in [0.1, 0.15) is 23.7 Å². The van der Waals surface area contributed by atoms with Gasteiger partial charge in [-0.2, -0.15) is 0 Å². The van der Waals surface area contributed by atoms with Crippen LogP contribution in [0.2, 0.25) is 0 Å². The van der Waals surface area contributed by atoms with E-state index in [0.29, 0.717) is 35.1 Å². The maximum Gasteiger partial charge on any atom is 0.409 e. The van der Waals surface area contributed by atoms with E-state index in [0.717, 1.165) is 32.1 Å². The summed E-state index contributed by atoms with van der Waals surface area (Å²) < 4.78 is 13.2. The van der Waals surface area contributed by atoms with E-state index >= 15 is 0 Å². The van der Waals surface area contributed by atoms with Crippen molar-refractivity contribution in [1.82, 2.24) is 24.9 Å². The Labute approximate surface area is 193 Å². The molecule has 0 spiro atoms. The molecule has 0 bridgehead atoms. The number of carboxylic acid groups (broad SMARTS) is 1. The summed E-state index contributed by atoms with van der Waals surface area (Å²) in [5, 5.41) is 17.3. The van der Waals surface area contributed by atoms with E-state index in [4.69, 9.17) is 14.6 Å². The number of unbranched alkanes of at least 4 members (excludes halogenated alkanes) is 1. The van der Waals surface area contributed by atoms with Gasteiger partial charge in [-0.1, -0.05) is 18.6 Å². The van der Waals surface area contributed by atoms with Gasteiger partial charge in [0, 0.05) is 27.1 Å². The van der Waals surface area contributed by atoms with E-state index in [1.54, 1.807) is 23.7 Å². The lowest BCUT2D eigenvalue weighted by atomic mass is 10.0. The lowest BCUT2D eigenvalue weighted by Crippen LogP contribution is -2.28. The van der Waals surface area contributed by atoms with Crippen molar-refractivity contribution in [3.8, 4) is 17.1 Å². The van der Waals surface area contributed by atoms with Gasteiger partial charge in [-0.25, -0.2) is 14.5 Å². The predicted molar refractivity (Wildman–Crippen MR) is 121 cm³/mol. The summed E-state index contributed by atoms with van der Waals surface area (Å²) in [5.74, 6) is 0.0703. The molecule has 3 rings (SSSR count). The zero-order valence-electron chi connectivity index (χ0n) is 19.8. The molecule has 2 aromatic rings. The lowest BCUT2D eigenvalue weighted by molar-refractivity contribution is -0.138. The minimum absolute atomic E-state index is 0.00288. The highest BCUT2D eigenvalue weighted by atomic mass is 16.6. The van der Waals surface area contributed by atoms with Crippen LogP contribution in [-0.4, -0.2) is 61.7 Å². The Balaban J connectivity index is 1.65. The second-order valence-corrected chi connectivity index (χ2v) is 8.63. The van der Waals surface area contributed by atoms with Crippen molar-refractivity contribution in [2.75, 3.05) is 13.6 Å². The fourth-order valence-corrected chi connectivity index (χ4v) is 4.02. The van der Waals surface area contributed by atoms with Crippen molar-refractivity contribution in [3.05, 3.63) is 23.5 Å². The van der Waals surface area contributed by atoms with E-state index in [1.807, 2.05) is 19.1 Å². The fourth-order valence-electron chi connectivity index (χ4n) is 4.02.